The van der Waals surface area contributed by atoms with Gasteiger partial charge in [0, 0.05) is 16.8 Å². The first-order valence-electron chi connectivity index (χ1n) is 14.2. The summed E-state index contributed by atoms with van der Waals surface area (Å²) < 4.78 is 17.5. The summed E-state index contributed by atoms with van der Waals surface area (Å²) in [7, 11) is 1.43. The second-order valence-electron chi connectivity index (χ2n) is 10.0. The standard InChI is InChI=1S/C35H35N3O7/c1-23(39)24-16-19-26(20-17-24)37-35(42)45-34(25-18-21-31(43-2)30(40)22-25)32(44-27-10-4-3-5-11-27)14-8-9-15-33(41)38-29-13-7-6-12-28(29)36/h3-7,9-13,15-22,32,34,40H,8,14,36H2,1-2H3,(H,37,42)(H,38,41)/b15-9+/t32-,34-/m0/s1. The molecule has 45 heavy (non-hydrogen) atoms. The fraction of sp³-hybridized carbons (Fsp3) is 0.171. The summed E-state index contributed by atoms with van der Waals surface area (Å²) in [6, 6.07) is 27.1. The van der Waals surface area contributed by atoms with Gasteiger partial charge in [-0.25, -0.2) is 4.79 Å². The zero-order chi connectivity index (χ0) is 32.2. The molecule has 4 aromatic rings. The van der Waals surface area contributed by atoms with Crippen LogP contribution in [0.25, 0.3) is 0 Å². The molecule has 2 amide bonds. The Bertz CT molecular complexity index is 1640. The first-order valence-corrected chi connectivity index (χ1v) is 14.2. The number of carbonyl (C=O) groups excluding carboxylic acids is 3. The first kappa shape index (κ1) is 32.2. The molecule has 232 valence electrons. The van der Waals surface area contributed by atoms with Crippen molar-refractivity contribution in [1.82, 2.24) is 0 Å². The minimum Gasteiger partial charge on any atom is -0.504 e. The number of nitrogen functional groups attached to an aromatic ring is 1. The SMILES string of the molecule is COc1ccc([C@H](OC(=O)Nc2ccc(C(C)=O)cc2)[C@H](CC/C=C/C(=O)Nc2ccccc2N)Oc2ccccc2)cc1O. The molecule has 0 spiro atoms. The van der Waals surface area contributed by atoms with Gasteiger partial charge in [0.2, 0.25) is 5.91 Å². The van der Waals surface area contributed by atoms with E-state index in [0.29, 0.717) is 46.8 Å². The molecule has 4 rings (SSSR count). The van der Waals surface area contributed by atoms with Gasteiger partial charge < -0.3 is 30.4 Å². The molecular weight excluding hydrogens is 574 g/mol. The van der Waals surface area contributed by atoms with E-state index in [-0.39, 0.29) is 23.2 Å². The number of hydrogen-bond acceptors (Lipinski definition) is 8. The summed E-state index contributed by atoms with van der Waals surface area (Å²) in [5, 5.41) is 16.0. The minimum atomic E-state index is -0.996. The van der Waals surface area contributed by atoms with Crippen molar-refractivity contribution >= 4 is 34.8 Å². The summed E-state index contributed by atoms with van der Waals surface area (Å²) in [6.07, 6.45) is 1.28. The zero-order valence-corrected chi connectivity index (χ0v) is 24.9. The molecule has 0 aromatic heterocycles. The highest BCUT2D eigenvalue weighted by molar-refractivity contribution is 6.01. The second kappa shape index (κ2) is 15.6. The van der Waals surface area contributed by atoms with Crippen LogP contribution in [0.3, 0.4) is 0 Å². The molecule has 0 bridgehead atoms. The molecule has 0 saturated heterocycles. The lowest BCUT2D eigenvalue weighted by Crippen LogP contribution is -2.31. The van der Waals surface area contributed by atoms with Gasteiger partial charge in [0.1, 0.15) is 11.9 Å². The monoisotopic (exact) mass is 609 g/mol. The van der Waals surface area contributed by atoms with Gasteiger partial charge in [0.25, 0.3) is 0 Å². The number of carbonyl (C=O) groups is 3. The Morgan fingerprint density at radius 3 is 2.29 bits per heavy atom. The summed E-state index contributed by atoms with van der Waals surface area (Å²) in [6.45, 7) is 1.46. The lowest BCUT2D eigenvalue weighted by molar-refractivity contribution is -0.111. The molecule has 2 atom stereocenters. The van der Waals surface area contributed by atoms with Crippen molar-refractivity contribution in [1.29, 1.82) is 0 Å². The number of ketones is 1. The third-order valence-corrected chi connectivity index (χ3v) is 6.78. The average Bonchev–Trinajstić information content (AvgIpc) is 3.03. The van der Waals surface area contributed by atoms with Crippen LogP contribution < -0.4 is 25.8 Å². The van der Waals surface area contributed by atoms with Crippen molar-refractivity contribution in [2.45, 2.75) is 32.0 Å². The Kier molecular flexibility index (Phi) is 11.2. The largest absolute Gasteiger partial charge is 0.504 e. The number of anilines is 3. The smallest absolute Gasteiger partial charge is 0.412 e. The van der Waals surface area contributed by atoms with Gasteiger partial charge in [-0.2, -0.15) is 0 Å². The van der Waals surface area contributed by atoms with E-state index >= 15 is 0 Å². The zero-order valence-electron chi connectivity index (χ0n) is 24.9. The minimum absolute atomic E-state index is 0.0971. The molecule has 0 radical (unpaired) electrons. The van der Waals surface area contributed by atoms with E-state index in [1.807, 2.05) is 18.2 Å². The lowest BCUT2D eigenvalue weighted by Gasteiger charge is -2.28. The summed E-state index contributed by atoms with van der Waals surface area (Å²) in [5.41, 5.74) is 8.26. The maximum atomic E-state index is 13.2. The van der Waals surface area contributed by atoms with Crippen molar-refractivity contribution in [3.05, 3.63) is 120 Å². The normalized spacial score (nSPS) is 12.1. The second-order valence-corrected chi connectivity index (χ2v) is 10.0. The van der Waals surface area contributed by atoms with Crippen molar-refractivity contribution in [2.75, 3.05) is 23.5 Å². The third kappa shape index (κ3) is 9.36. The van der Waals surface area contributed by atoms with E-state index in [0.717, 1.165) is 0 Å². The quantitative estimate of drug-likeness (QED) is 0.0727. The van der Waals surface area contributed by atoms with Crippen LogP contribution in [0.2, 0.25) is 0 Å². The highest BCUT2D eigenvalue weighted by Crippen LogP contribution is 2.34. The summed E-state index contributed by atoms with van der Waals surface area (Å²) in [4.78, 5) is 37.3. The fourth-order valence-corrected chi connectivity index (χ4v) is 4.48. The van der Waals surface area contributed by atoms with Gasteiger partial charge >= 0.3 is 6.09 Å². The van der Waals surface area contributed by atoms with E-state index in [4.69, 9.17) is 19.9 Å². The van der Waals surface area contributed by atoms with Gasteiger partial charge in [0.15, 0.2) is 23.4 Å². The predicted octanol–water partition coefficient (Wildman–Crippen LogP) is 6.90. The highest BCUT2D eigenvalue weighted by atomic mass is 16.6. The molecule has 10 heteroatoms. The molecule has 4 aromatic carbocycles. The number of allylic oxidation sites excluding steroid dienone is 1. The number of benzene rings is 4. The number of hydrogen-bond donors (Lipinski definition) is 4. The first-order chi connectivity index (χ1) is 21.7. The number of methoxy groups -OCH3 is 1. The summed E-state index contributed by atoms with van der Waals surface area (Å²) in [5.74, 6) is 0.201. The van der Waals surface area contributed by atoms with E-state index in [1.54, 1.807) is 78.9 Å². The Balaban J connectivity index is 1.56. The van der Waals surface area contributed by atoms with Gasteiger partial charge in [-0.15, -0.1) is 0 Å². The number of phenols is 1. The highest BCUT2D eigenvalue weighted by Gasteiger charge is 2.30. The number of phenolic OH excluding ortho intramolecular Hbond substituents is 1. The van der Waals surface area contributed by atoms with Gasteiger partial charge in [-0.05, 0) is 86.5 Å². The molecule has 0 aliphatic heterocycles. The Morgan fingerprint density at radius 2 is 1.62 bits per heavy atom. The maximum Gasteiger partial charge on any atom is 0.412 e. The maximum absolute atomic E-state index is 13.2. The van der Waals surface area contributed by atoms with Crippen molar-refractivity contribution in [3.63, 3.8) is 0 Å². The number of para-hydroxylation sites is 3. The number of rotatable bonds is 13. The van der Waals surface area contributed by atoms with E-state index in [9.17, 15) is 19.5 Å². The van der Waals surface area contributed by atoms with Gasteiger partial charge in [-0.1, -0.05) is 42.5 Å². The molecule has 0 aliphatic rings. The van der Waals surface area contributed by atoms with Crippen LogP contribution in [0.5, 0.6) is 17.2 Å². The number of ether oxygens (including phenoxy) is 3. The number of aromatic hydroxyl groups is 1. The topological polar surface area (TPSA) is 149 Å². The molecular formula is C35H35N3O7. The Morgan fingerprint density at radius 1 is 0.911 bits per heavy atom. The molecule has 0 unspecified atom stereocenters. The van der Waals surface area contributed by atoms with Crippen LogP contribution in [0, 0.1) is 0 Å². The van der Waals surface area contributed by atoms with Crippen molar-refractivity contribution < 1.29 is 33.7 Å². The molecule has 10 nitrogen and oxygen atoms in total. The van der Waals surface area contributed by atoms with Crippen molar-refractivity contribution in [3.8, 4) is 17.2 Å². The number of Topliss-reactive ketones (excluding diaryl/α,β-unsaturated/α-hetero) is 1. The van der Waals surface area contributed by atoms with Crippen LogP contribution >= 0.6 is 0 Å². The van der Waals surface area contributed by atoms with Gasteiger partial charge in [0.05, 0.1) is 18.5 Å². The summed E-state index contributed by atoms with van der Waals surface area (Å²) >= 11 is 0. The van der Waals surface area contributed by atoms with Crippen LogP contribution in [-0.4, -0.2) is 36.1 Å². The van der Waals surface area contributed by atoms with E-state index < -0.39 is 18.3 Å². The van der Waals surface area contributed by atoms with Gasteiger partial charge in [-0.3, -0.25) is 14.9 Å². The third-order valence-electron chi connectivity index (χ3n) is 6.78. The molecule has 0 heterocycles. The Hall–Kier alpha value is -5.77. The van der Waals surface area contributed by atoms with E-state index in [2.05, 4.69) is 10.6 Å². The Labute approximate surface area is 261 Å². The number of nitrogens with two attached hydrogens (primary N) is 1. The molecule has 0 fully saturated rings. The average molecular weight is 610 g/mol. The molecule has 0 aliphatic carbocycles. The number of nitrogens with one attached hydrogen (secondary N) is 2. The lowest BCUT2D eigenvalue weighted by atomic mass is 9.99. The van der Waals surface area contributed by atoms with Crippen LogP contribution in [-0.2, 0) is 9.53 Å². The van der Waals surface area contributed by atoms with Crippen molar-refractivity contribution in [2.24, 2.45) is 0 Å². The predicted molar refractivity (Wildman–Crippen MR) is 173 cm³/mol. The van der Waals surface area contributed by atoms with E-state index in [1.165, 1.54) is 26.2 Å². The van der Waals surface area contributed by atoms with Crippen LogP contribution in [0.15, 0.2) is 109 Å². The van der Waals surface area contributed by atoms with Crippen LogP contribution in [0.1, 0.15) is 41.8 Å². The number of amides is 2. The molecule has 0 saturated carbocycles. The fourth-order valence-electron chi connectivity index (χ4n) is 4.48. The van der Waals surface area contributed by atoms with Crippen LogP contribution in [0.4, 0.5) is 21.9 Å². The molecule has 5 N–H and O–H groups in total.